The van der Waals surface area contributed by atoms with Crippen LogP contribution in [0.4, 0.5) is 0 Å². The van der Waals surface area contributed by atoms with Crippen LogP contribution in [0.3, 0.4) is 0 Å². The van der Waals surface area contributed by atoms with Crippen LogP contribution in [0.1, 0.15) is 0 Å². The van der Waals surface area contributed by atoms with Gasteiger partial charge in [0.2, 0.25) is 0 Å². The molecule has 9 rings (SSSR count). The lowest BCUT2D eigenvalue weighted by Gasteiger charge is -2.14. The van der Waals surface area contributed by atoms with E-state index in [9.17, 15) is 0 Å². The second-order valence-corrected chi connectivity index (χ2v) is 11.7. The summed E-state index contributed by atoms with van der Waals surface area (Å²) in [6.07, 6.45) is 3.85. The van der Waals surface area contributed by atoms with E-state index in [0.29, 0.717) is 0 Å². The monoisotopic (exact) mass is 553 g/mol. The van der Waals surface area contributed by atoms with E-state index in [0.717, 1.165) is 28.1 Å². The van der Waals surface area contributed by atoms with Crippen molar-refractivity contribution in [2.24, 2.45) is 0 Å². The number of nitrogens with zero attached hydrogens (tertiary/aromatic N) is 3. The lowest BCUT2D eigenvalue weighted by molar-refractivity contribution is 1.11. The molecule has 0 saturated heterocycles. The van der Waals surface area contributed by atoms with Crippen LogP contribution in [-0.4, -0.2) is 14.5 Å². The second-order valence-electron chi connectivity index (χ2n) is 10.7. The zero-order chi connectivity index (χ0) is 27.6. The molecule has 6 aromatic carbocycles. The maximum atomic E-state index is 5.37. The van der Waals surface area contributed by atoms with Gasteiger partial charge in [0.15, 0.2) is 0 Å². The Morgan fingerprint density at radius 2 is 1.19 bits per heavy atom. The van der Waals surface area contributed by atoms with Gasteiger partial charge in [0.25, 0.3) is 0 Å². The van der Waals surface area contributed by atoms with Crippen molar-refractivity contribution in [2.75, 3.05) is 0 Å². The van der Waals surface area contributed by atoms with Gasteiger partial charge in [0, 0.05) is 54.6 Å². The van der Waals surface area contributed by atoms with E-state index in [2.05, 4.69) is 137 Å². The predicted molar refractivity (Wildman–Crippen MR) is 178 cm³/mol. The molecule has 0 aliphatic heterocycles. The first-order chi connectivity index (χ1) is 20.8. The van der Waals surface area contributed by atoms with Gasteiger partial charge in [-0.3, -0.25) is 9.55 Å². The van der Waals surface area contributed by atoms with Crippen molar-refractivity contribution >= 4 is 64.1 Å². The molecule has 0 unspecified atom stereocenters. The summed E-state index contributed by atoms with van der Waals surface area (Å²) in [7, 11) is 0. The summed E-state index contributed by atoms with van der Waals surface area (Å²) in [6, 6.07) is 45.6. The van der Waals surface area contributed by atoms with Gasteiger partial charge in [-0.25, -0.2) is 4.98 Å². The highest BCUT2D eigenvalue weighted by molar-refractivity contribution is 7.25. The molecule has 0 radical (unpaired) electrons. The summed E-state index contributed by atoms with van der Waals surface area (Å²) in [5.74, 6) is 0.939. The molecule has 0 saturated carbocycles. The molecule has 3 nitrogen and oxygen atoms in total. The van der Waals surface area contributed by atoms with E-state index in [1.807, 2.05) is 23.7 Å². The number of fused-ring (bicyclic) bond motifs is 9. The molecular weight excluding hydrogens is 531 g/mol. The predicted octanol–water partition coefficient (Wildman–Crippen LogP) is 10.4. The average molecular weight is 554 g/mol. The van der Waals surface area contributed by atoms with E-state index in [4.69, 9.17) is 4.98 Å². The number of thiophene rings is 1. The normalized spacial score (nSPS) is 11.8. The summed E-state index contributed by atoms with van der Waals surface area (Å²) in [6.45, 7) is 0. The van der Waals surface area contributed by atoms with Crippen molar-refractivity contribution in [1.29, 1.82) is 0 Å². The van der Waals surface area contributed by atoms with Crippen molar-refractivity contribution in [3.63, 3.8) is 0 Å². The Bertz CT molecular complexity index is 2470. The molecule has 0 bridgehead atoms. The minimum atomic E-state index is 0.939. The summed E-state index contributed by atoms with van der Waals surface area (Å²) < 4.78 is 4.90. The van der Waals surface area contributed by atoms with Gasteiger partial charge in [-0.05, 0) is 52.2 Å². The van der Waals surface area contributed by atoms with E-state index < -0.39 is 0 Å². The average Bonchev–Trinajstić information content (AvgIpc) is 3.65. The number of imidazole rings is 1. The fourth-order valence-electron chi connectivity index (χ4n) is 6.36. The molecule has 0 amide bonds. The highest BCUT2D eigenvalue weighted by Gasteiger charge is 2.20. The SMILES string of the molecule is c1ccc(-c2nc3c4ccccc4c4ccccc4c3n2-c2cccc(-c3ccc4sc5ccncc5c4c3)c2)cc1. The lowest BCUT2D eigenvalue weighted by Crippen LogP contribution is -1.98. The van der Waals surface area contributed by atoms with Gasteiger partial charge in [-0.1, -0.05) is 97.1 Å². The topological polar surface area (TPSA) is 30.7 Å². The number of benzene rings is 6. The molecule has 0 aliphatic rings. The van der Waals surface area contributed by atoms with Crippen molar-refractivity contribution in [1.82, 2.24) is 14.5 Å². The largest absolute Gasteiger partial charge is 0.292 e. The Kier molecular flexibility index (Phi) is 5.07. The van der Waals surface area contributed by atoms with Gasteiger partial charge in [0.05, 0.1) is 11.0 Å². The summed E-state index contributed by atoms with van der Waals surface area (Å²) >= 11 is 1.82. The van der Waals surface area contributed by atoms with Gasteiger partial charge < -0.3 is 0 Å². The lowest BCUT2D eigenvalue weighted by atomic mass is 9.99. The van der Waals surface area contributed by atoms with E-state index in [1.54, 1.807) is 0 Å². The van der Waals surface area contributed by atoms with Crippen molar-refractivity contribution < 1.29 is 0 Å². The fourth-order valence-corrected chi connectivity index (χ4v) is 7.42. The standard InChI is InChI=1S/C38H23N3S/c1-2-9-24(10-3-1)38-40-36-30-15-6-4-13-28(30)29-14-5-7-16-31(29)37(36)41(38)27-12-8-11-25(21-27)26-17-18-34-32(22-26)33-23-39-20-19-35(33)42-34/h1-23H. The van der Waals surface area contributed by atoms with Crippen molar-refractivity contribution in [3.8, 4) is 28.2 Å². The molecule has 0 atom stereocenters. The second kappa shape index (κ2) is 9.10. The maximum absolute atomic E-state index is 5.37. The molecule has 9 aromatic rings. The Balaban J connectivity index is 1.35. The Labute approximate surface area is 246 Å². The third-order valence-corrected chi connectivity index (χ3v) is 9.42. The Hall–Kier alpha value is -5.32. The van der Waals surface area contributed by atoms with Gasteiger partial charge in [-0.15, -0.1) is 11.3 Å². The maximum Gasteiger partial charge on any atom is 0.145 e. The Morgan fingerprint density at radius 1 is 0.500 bits per heavy atom. The molecule has 0 spiro atoms. The van der Waals surface area contributed by atoms with Crippen LogP contribution in [0.15, 0.2) is 140 Å². The van der Waals surface area contributed by atoms with Crippen LogP contribution in [0.25, 0.3) is 81.0 Å². The third-order valence-electron chi connectivity index (χ3n) is 8.27. The number of aromatic nitrogens is 3. The zero-order valence-electron chi connectivity index (χ0n) is 22.5. The van der Waals surface area contributed by atoms with Crippen molar-refractivity contribution in [2.45, 2.75) is 0 Å². The summed E-state index contributed by atoms with van der Waals surface area (Å²) in [5.41, 5.74) is 6.69. The highest BCUT2D eigenvalue weighted by Crippen LogP contribution is 2.40. The number of rotatable bonds is 3. The highest BCUT2D eigenvalue weighted by atomic mass is 32.1. The van der Waals surface area contributed by atoms with Crippen LogP contribution in [-0.2, 0) is 0 Å². The number of hydrogen-bond acceptors (Lipinski definition) is 3. The third kappa shape index (κ3) is 3.46. The van der Waals surface area contributed by atoms with Crippen molar-refractivity contribution in [3.05, 3.63) is 140 Å². The zero-order valence-corrected chi connectivity index (χ0v) is 23.3. The van der Waals surface area contributed by atoms with Gasteiger partial charge >= 0.3 is 0 Å². The molecule has 196 valence electrons. The molecule has 3 heterocycles. The van der Waals surface area contributed by atoms with E-state index >= 15 is 0 Å². The van der Waals surface area contributed by atoms with E-state index in [1.165, 1.54) is 52.8 Å². The first-order valence-corrected chi connectivity index (χ1v) is 14.9. The van der Waals surface area contributed by atoms with Crippen LogP contribution in [0.5, 0.6) is 0 Å². The molecule has 42 heavy (non-hydrogen) atoms. The molecule has 0 N–H and O–H groups in total. The first-order valence-electron chi connectivity index (χ1n) is 14.1. The molecule has 4 heteroatoms. The van der Waals surface area contributed by atoms with E-state index in [-0.39, 0.29) is 0 Å². The minimum Gasteiger partial charge on any atom is -0.292 e. The summed E-state index contributed by atoms with van der Waals surface area (Å²) in [5, 5.41) is 7.29. The molecule has 0 fully saturated rings. The minimum absolute atomic E-state index is 0.939. The summed E-state index contributed by atoms with van der Waals surface area (Å²) in [4.78, 5) is 9.76. The molecule has 3 aromatic heterocycles. The smallest absolute Gasteiger partial charge is 0.145 e. The molecule has 0 aliphatic carbocycles. The fraction of sp³-hybridized carbons (Fsp3) is 0. The number of hydrogen-bond donors (Lipinski definition) is 0. The quantitative estimate of drug-likeness (QED) is 0.204. The Morgan fingerprint density at radius 3 is 2.05 bits per heavy atom. The van der Waals surface area contributed by atoms with Crippen LogP contribution >= 0.6 is 11.3 Å². The van der Waals surface area contributed by atoms with Gasteiger partial charge in [0.1, 0.15) is 5.82 Å². The van der Waals surface area contributed by atoms with Crippen LogP contribution in [0, 0.1) is 0 Å². The molecular formula is C38H23N3S. The van der Waals surface area contributed by atoms with Crippen LogP contribution in [0.2, 0.25) is 0 Å². The van der Waals surface area contributed by atoms with Gasteiger partial charge in [-0.2, -0.15) is 0 Å². The number of pyridine rings is 1. The van der Waals surface area contributed by atoms with Crippen LogP contribution < -0.4 is 0 Å². The first kappa shape index (κ1) is 23.4.